The first-order chi connectivity index (χ1) is 9.43. The first-order valence-corrected chi connectivity index (χ1v) is 6.03. The fourth-order valence-electron chi connectivity index (χ4n) is 1.62. The van der Waals surface area contributed by atoms with Gasteiger partial charge in [-0.1, -0.05) is 12.1 Å². The quantitative estimate of drug-likeness (QED) is 0.803. The third kappa shape index (κ3) is 6.70. The van der Waals surface area contributed by atoms with Gasteiger partial charge < -0.3 is 20.5 Å². The summed E-state index contributed by atoms with van der Waals surface area (Å²) in [5.41, 5.74) is 6.23. The predicted octanol–water partition coefficient (Wildman–Crippen LogP) is 1.86. The number of hydrogen-bond donors (Lipinski definition) is 2. The van der Waals surface area contributed by atoms with Crippen LogP contribution in [0.1, 0.15) is 18.5 Å². The van der Waals surface area contributed by atoms with Gasteiger partial charge in [-0.2, -0.15) is 8.78 Å². The highest BCUT2D eigenvalue weighted by Gasteiger charge is 2.17. The fourth-order valence-corrected chi connectivity index (χ4v) is 1.62. The van der Waals surface area contributed by atoms with Crippen molar-refractivity contribution in [3.05, 3.63) is 29.8 Å². The average molecular weight is 325 g/mol. The van der Waals surface area contributed by atoms with E-state index in [1.807, 2.05) is 0 Å². The van der Waals surface area contributed by atoms with Gasteiger partial charge in [0, 0.05) is 7.11 Å². The highest BCUT2D eigenvalue weighted by Crippen LogP contribution is 2.20. The molecule has 0 saturated heterocycles. The van der Waals surface area contributed by atoms with Crippen molar-refractivity contribution in [2.75, 3.05) is 13.7 Å². The van der Waals surface area contributed by atoms with Crippen molar-refractivity contribution < 1.29 is 23.0 Å². The Labute approximate surface area is 128 Å². The minimum Gasteiger partial charge on any atom is -0.435 e. The van der Waals surface area contributed by atoms with Crippen LogP contribution in [-0.2, 0) is 9.53 Å². The number of benzene rings is 1. The zero-order valence-corrected chi connectivity index (χ0v) is 12.5. The lowest BCUT2D eigenvalue weighted by atomic mass is 10.1. The second-order valence-electron chi connectivity index (χ2n) is 4.24. The Morgan fingerprint density at radius 3 is 2.67 bits per heavy atom. The Morgan fingerprint density at radius 1 is 1.43 bits per heavy atom. The highest BCUT2D eigenvalue weighted by molar-refractivity contribution is 5.85. The monoisotopic (exact) mass is 324 g/mol. The van der Waals surface area contributed by atoms with Gasteiger partial charge in [0.05, 0.1) is 12.6 Å². The second kappa shape index (κ2) is 9.49. The number of hydrogen-bond acceptors (Lipinski definition) is 4. The molecule has 5 nitrogen and oxygen atoms in total. The first kappa shape index (κ1) is 19.6. The van der Waals surface area contributed by atoms with E-state index in [-0.39, 0.29) is 36.7 Å². The van der Waals surface area contributed by atoms with E-state index < -0.39 is 12.7 Å². The van der Waals surface area contributed by atoms with E-state index in [0.29, 0.717) is 5.56 Å². The van der Waals surface area contributed by atoms with E-state index in [0.717, 1.165) is 0 Å². The number of halogens is 3. The smallest absolute Gasteiger partial charge is 0.387 e. The van der Waals surface area contributed by atoms with E-state index in [1.165, 1.54) is 19.2 Å². The number of alkyl halides is 2. The van der Waals surface area contributed by atoms with Crippen molar-refractivity contribution in [3.8, 4) is 5.75 Å². The van der Waals surface area contributed by atoms with Crippen LogP contribution in [0.15, 0.2) is 24.3 Å². The number of methoxy groups -OCH3 is 1. The van der Waals surface area contributed by atoms with E-state index in [1.54, 1.807) is 19.1 Å². The van der Waals surface area contributed by atoms with Crippen molar-refractivity contribution in [3.63, 3.8) is 0 Å². The highest BCUT2D eigenvalue weighted by atomic mass is 35.5. The topological polar surface area (TPSA) is 73.6 Å². The van der Waals surface area contributed by atoms with Gasteiger partial charge >= 0.3 is 6.61 Å². The molecule has 3 N–H and O–H groups in total. The maximum Gasteiger partial charge on any atom is 0.387 e. The number of nitrogens with two attached hydrogens (primary N) is 1. The predicted molar refractivity (Wildman–Crippen MR) is 76.7 cm³/mol. The molecule has 2 unspecified atom stereocenters. The van der Waals surface area contributed by atoms with Gasteiger partial charge in [-0.05, 0) is 24.6 Å². The Bertz CT molecular complexity index is 449. The summed E-state index contributed by atoms with van der Waals surface area (Å²) in [6.45, 7) is -1.06. The molecule has 0 heterocycles. The Balaban J connectivity index is 0.00000400. The SMILES string of the molecule is COCC(N)C(=O)NC(C)c1cccc(OC(F)F)c1.Cl. The summed E-state index contributed by atoms with van der Waals surface area (Å²) in [5.74, 6) is -0.334. The van der Waals surface area contributed by atoms with Crippen LogP contribution >= 0.6 is 12.4 Å². The van der Waals surface area contributed by atoms with Gasteiger partial charge in [0.15, 0.2) is 0 Å². The number of amides is 1. The van der Waals surface area contributed by atoms with Gasteiger partial charge in [0.25, 0.3) is 0 Å². The summed E-state index contributed by atoms with van der Waals surface area (Å²) >= 11 is 0. The molecule has 21 heavy (non-hydrogen) atoms. The molecule has 0 spiro atoms. The van der Waals surface area contributed by atoms with E-state index in [4.69, 9.17) is 10.5 Å². The molecule has 1 aromatic rings. The van der Waals surface area contributed by atoms with Crippen LogP contribution in [0.2, 0.25) is 0 Å². The largest absolute Gasteiger partial charge is 0.435 e. The molecule has 0 radical (unpaired) electrons. The minimum absolute atomic E-state index is 0. The Hall–Kier alpha value is -1.44. The molecular formula is C13H19ClF2N2O3. The van der Waals surface area contributed by atoms with E-state index in [9.17, 15) is 13.6 Å². The summed E-state index contributed by atoms with van der Waals surface area (Å²) in [4.78, 5) is 11.7. The molecule has 0 aromatic heterocycles. The van der Waals surface area contributed by atoms with Gasteiger partial charge in [0.1, 0.15) is 11.8 Å². The Morgan fingerprint density at radius 2 is 2.10 bits per heavy atom. The minimum atomic E-state index is -2.88. The van der Waals surface area contributed by atoms with E-state index in [2.05, 4.69) is 10.1 Å². The average Bonchev–Trinajstić information content (AvgIpc) is 2.38. The Kier molecular flexibility index (Phi) is 8.84. The van der Waals surface area contributed by atoms with Crippen molar-refractivity contribution in [1.29, 1.82) is 0 Å². The normalized spacial score (nSPS) is 13.2. The molecule has 0 aliphatic carbocycles. The van der Waals surface area contributed by atoms with Crippen LogP contribution in [0.5, 0.6) is 5.75 Å². The molecular weight excluding hydrogens is 306 g/mol. The summed E-state index contributed by atoms with van der Waals surface area (Å²) in [5, 5.41) is 2.67. The van der Waals surface area contributed by atoms with Crippen LogP contribution in [0.4, 0.5) is 8.78 Å². The van der Waals surface area contributed by atoms with Gasteiger partial charge in [0.2, 0.25) is 5.91 Å². The van der Waals surface area contributed by atoms with E-state index >= 15 is 0 Å². The van der Waals surface area contributed by atoms with Crippen LogP contribution in [-0.4, -0.2) is 32.3 Å². The number of rotatable bonds is 7. The molecule has 120 valence electrons. The molecule has 1 aromatic carbocycles. The number of carbonyl (C=O) groups excluding carboxylic acids is 1. The van der Waals surface area contributed by atoms with Gasteiger partial charge in [-0.25, -0.2) is 0 Å². The molecule has 0 saturated carbocycles. The molecule has 2 atom stereocenters. The summed E-state index contributed by atoms with van der Waals surface area (Å²) in [6, 6.07) is 4.98. The molecule has 0 bridgehead atoms. The van der Waals surface area contributed by atoms with Crippen LogP contribution in [0, 0.1) is 0 Å². The molecule has 1 rings (SSSR count). The number of carbonyl (C=O) groups is 1. The molecule has 0 aliphatic rings. The van der Waals surface area contributed by atoms with Crippen LogP contribution in [0.3, 0.4) is 0 Å². The molecule has 1 amide bonds. The standard InChI is InChI=1S/C13H18F2N2O3.ClH/c1-8(17-12(18)11(16)7-19-2)9-4-3-5-10(6-9)20-13(14)15;/h3-6,8,11,13H,7,16H2,1-2H3,(H,17,18);1H. The third-order valence-electron chi connectivity index (χ3n) is 2.63. The molecule has 8 heteroatoms. The van der Waals surface area contributed by atoms with Crippen molar-refractivity contribution in [1.82, 2.24) is 5.32 Å². The van der Waals surface area contributed by atoms with Crippen LogP contribution in [0.25, 0.3) is 0 Å². The lowest BCUT2D eigenvalue weighted by Gasteiger charge is -2.18. The zero-order chi connectivity index (χ0) is 15.1. The fraction of sp³-hybridized carbons (Fsp3) is 0.462. The lowest BCUT2D eigenvalue weighted by molar-refractivity contribution is -0.124. The summed E-state index contributed by atoms with van der Waals surface area (Å²) in [7, 11) is 1.45. The van der Waals surface area contributed by atoms with Crippen molar-refractivity contribution in [2.45, 2.75) is 25.6 Å². The first-order valence-electron chi connectivity index (χ1n) is 6.03. The summed E-state index contributed by atoms with van der Waals surface area (Å²) < 4.78 is 33.4. The molecule has 0 aliphatic heterocycles. The number of ether oxygens (including phenoxy) is 2. The summed E-state index contributed by atoms with van der Waals surface area (Å²) in [6.07, 6.45) is 0. The van der Waals surface area contributed by atoms with Crippen molar-refractivity contribution >= 4 is 18.3 Å². The zero-order valence-electron chi connectivity index (χ0n) is 11.7. The maximum atomic E-state index is 12.1. The second-order valence-corrected chi connectivity index (χ2v) is 4.24. The van der Waals surface area contributed by atoms with Crippen LogP contribution < -0.4 is 15.8 Å². The molecule has 0 fully saturated rings. The van der Waals surface area contributed by atoms with Gasteiger partial charge in [-0.3, -0.25) is 4.79 Å². The third-order valence-corrected chi connectivity index (χ3v) is 2.63. The van der Waals surface area contributed by atoms with Crippen molar-refractivity contribution in [2.24, 2.45) is 5.73 Å². The lowest BCUT2D eigenvalue weighted by Crippen LogP contribution is -2.44. The number of nitrogens with one attached hydrogen (secondary N) is 1. The maximum absolute atomic E-state index is 12.1. The van der Waals surface area contributed by atoms with Gasteiger partial charge in [-0.15, -0.1) is 12.4 Å².